The number of hydrogen-bond donors (Lipinski definition) is 0. The number of rotatable bonds is 5. The Morgan fingerprint density at radius 2 is 1.50 bits per heavy atom. The molecule has 130 valence electrons. The third-order valence-corrected chi connectivity index (χ3v) is 4.28. The fraction of sp³-hybridized carbons (Fsp3) is 0.400. The number of benzene rings is 2. The maximum Gasteiger partial charge on any atom is 0.222 e. The standard InChI is InChI=1S/C20H25NO2.ClH/c1-21(2)15-13-19-14-16-22-20(23-19,17-9-5-3-6-10-17)18-11-7-4-8-12-18;/h3-12,19H,13-16H2,1-2H3;1H. The summed E-state index contributed by atoms with van der Waals surface area (Å²) in [6, 6.07) is 20.5. The molecule has 1 atom stereocenters. The van der Waals surface area contributed by atoms with Gasteiger partial charge in [-0.05, 0) is 33.5 Å². The van der Waals surface area contributed by atoms with Gasteiger partial charge in [-0.1, -0.05) is 60.7 Å². The molecule has 0 aromatic heterocycles. The number of nitrogens with zero attached hydrogens (tertiary/aromatic N) is 1. The molecule has 3 nitrogen and oxygen atoms in total. The summed E-state index contributed by atoms with van der Waals surface area (Å²) >= 11 is 0. The molecule has 0 amide bonds. The summed E-state index contributed by atoms with van der Waals surface area (Å²) in [5, 5.41) is 0. The van der Waals surface area contributed by atoms with Crippen LogP contribution in [0.5, 0.6) is 0 Å². The largest absolute Gasteiger partial charge is 0.342 e. The van der Waals surface area contributed by atoms with Crippen molar-refractivity contribution >= 4 is 12.4 Å². The summed E-state index contributed by atoms with van der Waals surface area (Å²) in [6.45, 7) is 1.73. The lowest BCUT2D eigenvalue weighted by molar-refractivity contribution is -0.279. The third kappa shape index (κ3) is 4.17. The molecule has 24 heavy (non-hydrogen) atoms. The minimum Gasteiger partial charge on any atom is -0.342 e. The SMILES string of the molecule is CN(C)CCC1CCOC(c2ccccc2)(c2ccccc2)O1.Cl. The van der Waals surface area contributed by atoms with E-state index in [2.05, 4.69) is 43.3 Å². The van der Waals surface area contributed by atoms with E-state index in [4.69, 9.17) is 9.47 Å². The van der Waals surface area contributed by atoms with Gasteiger partial charge in [0, 0.05) is 11.1 Å². The molecule has 0 saturated carbocycles. The van der Waals surface area contributed by atoms with Crippen LogP contribution in [0.2, 0.25) is 0 Å². The minimum absolute atomic E-state index is 0. The summed E-state index contributed by atoms with van der Waals surface area (Å²) in [5.74, 6) is -0.794. The van der Waals surface area contributed by atoms with Crippen molar-refractivity contribution < 1.29 is 9.47 Å². The molecular weight excluding hydrogens is 322 g/mol. The van der Waals surface area contributed by atoms with E-state index in [0.717, 1.165) is 30.5 Å². The maximum atomic E-state index is 6.55. The molecule has 1 heterocycles. The van der Waals surface area contributed by atoms with E-state index in [1.807, 2.05) is 36.4 Å². The minimum atomic E-state index is -0.794. The predicted molar refractivity (Wildman–Crippen MR) is 99.5 cm³/mol. The van der Waals surface area contributed by atoms with Gasteiger partial charge >= 0.3 is 0 Å². The van der Waals surface area contributed by atoms with Crippen molar-refractivity contribution in [3.05, 3.63) is 71.8 Å². The molecule has 0 aliphatic carbocycles. The van der Waals surface area contributed by atoms with Crippen LogP contribution in [0, 0.1) is 0 Å². The van der Waals surface area contributed by atoms with E-state index >= 15 is 0 Å². The van der Waals surface area contributed by atoms with Gasteiger partial charge in [0.2, 0.25) is 5.79 Å². The molecule has 1 aliphatic rings. The van der Waals surface area contributed by atoms with Gasteiger partial charge in [-0.2, -0.15) is 0 Å². The molecule has 1 aliphatic heterocycles. The van der Waals surface area contributed by atoms with Gasteiger partial charge in [-0.3, -0.25) is 0 Å². The first-order valence-electron chi connectivity index (χ1n) is 8.28. The van der Waals surface area contributed by atoms with Crippen LogP contribution in [0.1, 0.15) is 24.0 Å². The maximum absolute atomic E-state index is 6.55. The molecule has 2 aromatic carbocycles. The van der Waals surface area contributed by atoms with Crippen LogP contribution in [0.25, 0.3) is 0 Å². The lowest BCUT2D eigenvalue weighted by Crippen LogP contribution is -2.44. The van der Waals surface area contributed by atoms with E-state index in [0.29, 0.717) is 6.61 Å². The van der Waals surface area contributed by atoms with Gasteiger partial charge in [0.15, 0.2) is 0 Å². The van der Waals surface area contributed by atoms with E-state index in [1.54, 1.807) is 0 Å². The van der Waals surface area contributed by atoms with Crippen LogP contribution in [0.3, 0.4) is 0 Å². The Kier molecular flexibility index (Phi) is 6.81. The van der Waals surface area contributed by atoms with Crippen molar-refractivity contribution in [2.45, 2.75) is 24.7 Å². The Bertz CT molecular complexity index is 564. The summed E-state index contributed by atoms with van der Waals surface area (Å²) < 4.78 is 12.8. The molecule has 2 aromatic rings. The van der Waals surface area contributed by atoms with Gasteiger partial charge in [0.25, 0.3) is 0 Å². The molecule has 1 fully saturated rings. The van der Waals surface area contributed by atoms with Crippen molar-refractivity contribution in [3.63, 3.8) is 0 Å². The number of hydrogen-bond acceptors (Lipinski definition) is 3. The zero-order valence-electron chi connectivity index (χ0n) is 14.4. The van der Waals surface area contributed by atoms with Gasteiger partial charge in [0.05, 0.1) is 12.7 Å². The Morgan fingerprint density at radius 1 is 0.958 bits per heavy atom. The lowest BCUT2D eigenvalue weighted by atomic mass is 9.95. The van der Waals surface area contributed by atoms with Crippen molar-refractivity contribution in [2.24, 2.45) is 0 Å². The van der Waals surface area contributed by atoms with Gasteiger partial charge in [-0.25, -0.2) is 0 Å². The second-order valence-electron chi connectivity index (χ2n) is 6.32. The summed E-state index contributed by atoms with van der Waals surface area (Å²) in [5.41, 5.74) is 2.11. The fourth-order valence-corrected chi connectivity index (χ4v) is 3.05. The summed E-state index contributed by atoms with van der Waals surface area (Å²) in [7, 11) is 4.20. The van der Waals surface area contributed by atoms with Crippen molar-refractivity contribution in [2.75, 3.05) is 27.2 Å². The van der Waals surface area contributed by atoms with Crippen molar-refractivity contribution in [3.8, 4) is 0 Å². The Morgan fingerprint density at radius 3 is 2.00 bits per heavy atom. The number of ether oxygens (including phenoxy) is 2. The van der Waals surface area contributed by atoms with Crippen LogP contribution in [-0.4, -0.2) is 38.3 Å². The van der Waals surface area contributed by atoms with Crippen molar-refractivity contribution in [1.82, 2.24) is 4.90 Å². The summed E-state index contributed by atoms with van der Waals surface area (Å²) in [4.78, 5) is 2.20. The summed E-state index contributed by atoms with van der Waals surface area (Å²) in [6.07, 6.45) is 2.15. The zero-order valence-corrected chi connectivity index (χ0v) is 15.2. The molecule has 3 rings (SSSR count). The van der Waals surface area contributed by atoms with Crippen LogP contribution in [0.4, 0.5) is 0 Å². The highest BCUT2D eigenvalue weighted by molar-refractivity contribution is 5.85. The molecule has 0 radical (unpaired) electrons. The Hall–Kier alpha value is -1.39. The first-order chi connectivity index (χ1) is 11.2. The molecule has 1 unspecified atom stereocenters. The van der Waals surface area contributed by atoms with Gasteiger partial charge < -0.3 is 14.4 Å². The quantitative estimate of drug-likeness (QED) is 0.814. The van der Waals surface area contributed by atoms with Crippen molar-refractivity contribution in [1.29, 1.82) is 0 Å². The van der Waals surface area contributed by atoms with Crippen LogP contribution >= 0.6 is 12.4 Å². The molecular formula is C20H26ClNO2. The van der Waals surface area contributed by atoms with E-state index < -0.39 is 5.79 Å². The average molecular weight is 348 g/mol. The zero-order chi connectivity index (χ0) is 16.1. The fourth-order valence-electron chi connectivity index (χ4n) is 3.05. The van der Waals surface area contributed by atoms with Crippen LogP contribution < -0.4 is 0 Å². The van der Waals surface area contributed by atoms with E-state index in [1.165, 1.54) is 0 Å². The molecule has 0 N–H and O–H groups in total. The molecule has 1 saturated heterocycles. The van der Waals surface area contributed by atoms with Crippen LogP contribution in [0.15, 0.2) is 60.7 Å². The van der Waals surface area contributed by atoms with E-state index in [-0.39, 0.29) is 18.5 Å². The van der Waals surface area contributed by atoms with Gasteiger partial charge in [-0.15, -0.1) is 12.4 Å². The first kappa shape index (κ1) is 18.9. The highest BCUT2D eigenvalue weighted by Crippen LogP contribution is 2.40. The van der Waals surface area contributed by atoms with Crippen LogP contribution in [-0.2, 0) is 15.3 Å². The molecule has 4 heteroatoms. The van der Waals surface area contributed by atoms with Gasteiger partial charge in [0.1, 0.15) is 0 Å². The smallest absolute Gasteiger partial charge is 0.222 e. The molecule has 0 spiro atoms. The highest BCUT2D eigenvalue weighted by Gasteiger charge is 2.41. The monoisotopic (exact) mass is 347 g/mol. The van der Waals surface area contributed by atoms with E-state index in [9.17, 15) is 0 Å². The number of halogens is 1. The normalized spacial score (nSPS) is 19.7. The topological polar surface area (TPSA) is 21.7 Å². The lowest BCUT2D eigenvalue weighted by Gasteiger charge is -2.42. The average Bonchev–Trinajstić information content (AvgIpc) is 2.61. The predicted octanol–water partition coefficient (Wildman–Crippen LogP) is 4.07. The second-order valence-corrected chi connectivity index (χ2v) is 6.32. The second kappa shape index (κ2) is 8.63. The Labute approximate surface area is 151 Å². The molecule has 0 bridgehead atoms. The highest BCUT2D eigenvalue weighted by atomic mass is 35.5. The third-order valence-electron chi connectivity index (χ3n) is 4.28. The Balaban J connectivity index is 0.00000208. The first-order valence-corrected chi connectivity index (χ1v) is 8.28.